The third kappa shape index (κ3) is 10.5. The summed E-state index contributed by atoms with van der Waals surface area (Å²) in [5.74, 6) is 1.87. The first-order chi connectivity index (χ1) is 18.6. The van der Waals surface area contributed by atoms with Crippen LogP contribution in [0.4, 0.5) is 16.5 Å². The number of nitrogens with one attached hydrogen (secondary N) is 3. The number of rotatable bonds is 14. The van der Waals surface area contributed by atoms with Gasteiger partial charge in [0.05, 0.1) is 33.7 Å². The summed E-state index contributed by atoms with van der Waals surface area (Å²) in [4.78, 5) is 45.0. The van der Waals surface area contributed by atoms with Gasteiger partial charge >= 0.3 is 0 Å². The number of hydrogen-bond donors (Lipinski definition) is 3. The first-order valence-corrected chi connectivity index (χ1v) is 15.0. The minimum absolute atomic E-state index is 0.0631. The number of hydrogen-bond acceptors (Lipinski definition) is 8. The Morgan fingerprint density at radius 1 is 0.872 bits per heavy atom. The topological polar surface area (TPSA) is 126 Å². The lowest BCUT2D eigenvalue weighted by Gasteiger charge is -2.12. The van der Waals surface area contributed by atoms with Crippen LogP contribution >= 0.6 is 23.1 Å². The van der Waals surface area contributed by atoms with E-state index in [1.54, 1.807) is 43.2 Å². The van der Waals surface area contributed by atoms with E-state index in [4.69, 9.17) is 4.42 Å². The van der Waals surface area contributed by atoms with Crippen LogP contribution in [0.25, 0.3) is 0 Å². The van der Waals surface area contributed by atoms with Crippen LogP contribution < -0.4 is 16.0 Å². The highest BCUT2D eigenvalue weighted by Crippen LogP contribution is 2.32. The van der Waals surface area contributed by atoms with Crippen LogP contribution in [0.2, 0.25) is 0 Å². The summed E-state index contributed by atoms with van der Waals surface area (Å²) in [5.41, 5.74) is 1.12. The molecular weight excluding hydrogens is 534 g/mol. The van der Waals surface area contributed by atoms with E-state index in [1.165, 1.54) is 11.3 Å². The number of thioether (sulfide) groups is 1. The summed E-state index contributed by atoms with van der Waals surface area (Å²) >= 11 is 3.01. The lowest BCUT2D eigenvalue weighted by molar-refractivity contribution is -0.117. The molecular formula is C28H37N5O4S2. The minimum atomic E-state index is -0.104. The zero-order valence-electron chi connectivity index (χ0n) is 23.0. The summed E-state index contributed by atoms with van der Waals surface area (Å²) < 4.78 is 6.80. The van der Waals surface area contributed by atoms with Gasteiger partial charge in [0.2, 0.25) is 23.6 Å². The highest BCUT2D eigenvalue weighted by Gasteiger charge is 2.19. The number of unbranched alkanes of at least 4 members (excludes halogenated alkanes) is 3. The Labute approximate surface area is 238 Å². The first kappa shape index (κ1) is 30.4. The summed E-state index contributed by atoms with van der Waals surface area (Å²) in [5, 5.41) is 9.11. The smallest absolute Gasteiger partial charge is 0.226 e. The molecule has 1 aromatic carbocycles. The fourth-order valence-corrected chi connectivity index (χ4v) is 5.24. The predicted octanol–water partition coefficient (Wildman–Crippen LogP) is 6.99. The maximum Gasteiger partial charge on any atom is 0.226 e. The van der Waals surface area contributed by atoms with Gasteiger partial charge in [0, 0.05) is 24.7 Å². The normalized spacial score (nSPS) is 11.3. The van der Waals surface area contributed by atoms with E-state index in [9.17, 15) is 14.4 Å². The molecule has 0 aliphatic heterocycles. The SMILES string of the molecule is CCC(=O)Nc1ccccc1NC(=O)CCCCCCC(=O)Nc1ncc(SCc2ncc(C(C)(C)C)o2)s1. The van der Waals surface area contributed by atoms with E-state index in [-0.39, 0.29) is 23.1 Å². The summed E-state index contributed by atoms with van der Waals surface area (Å²) in [6.45, 7) is 8.03. The molecule has 0 unspecified atom stereocenters. The molecule has 0 fully saturated rings. The molecule has 0 aliphatic rings. The number of anilines is 3. The largest absolute Gasteiger partial charge is 0.444 e. The molecule has 0 atom stereocenters. The third-order valence-electron chi connectivity index (χ3n) is 5.72. The van der Waals surface area contributed by atoms with Gasteiger partial charge in [-0.05, 0) is 25.0 Å². The number of carbonyl (C=O) groups is 3. The third-order valence-corrected chi connectivity index (χ3v) is 7.81. The van der Waals surface area contributed by atoms with Crippen molar-refractivity contribution in [1.82, 2.24) is 9.97 Å². The van der Waals surface area contributed by atoms with Crippen LogP contribution in [0.5, 0.6) is 0 Å². The Bertz CT molecular complexity index is 1250. The van der Waals surface area contributed by atoms with Gasteiger partial charge in [0.1, 0.15) is 5.76 Å². The van der Waals surface area contributed by atoms with Crippen LogP contribution in [0, 0.1) is 0 Å². The predicted molar refractivity (Wildman–Crippen MR) is 157 cm³/mol. The van der Waals surface area contributed by atoms with Gasteiger partial charge < -0.3 is 20.4 Å². The fourth-order valence-electron chi connectivity index (χ4n) is 3.50. The van der Waals surface area contributed by atoms with Crippen LogP contribution in [0.15, 0.2) is 45.3 Å². The second-order valence-electron chi connectivity index (χ2n) is 10.1. The molecule has 3 rings (SSSR count). The molecule has 3 aromatic rings. The molecule has 0 spiro atoms. The van der Waals surface area contributed by atoms with Gasteiger partial charge in [-0.1, -0.05) is 64.0 Å². The molecule has 0 saturated heterocycles. The molecule has 0 bridgehead atoms. The van der Waals surface area contributed by atoms with Gasteiger partial charge in [-0.3, -0.25) is 14.4 Å². The lowest BCUT2D eigenvalue weighted by Crippen LogP contribution is -2.15. The number of para-hydroxylation sites is 2. The second kappa shape index (κ2) is 14.8. The molecule has 9 nitrogen and oxygen atoms in total. The molecule has 210 valence electrons. The van der Waals surface area contributed by atoms with Gasteiger partial charge in [0.25, 0.3) is 0 Å². The monoisotopic (exact) mass is 571 g/mol. The average Bonchev–Trinajstić information content (AvgIpc) is 3.55. The highest BCUT2D eigenvalue weighted by molar-refractivity contribution is 8.00. The van der Waals surface area contributed by atoms with E-state index in [2.05, 4.69) is 46.7 Å². The quantitative estimate of drug-likeness (QED) is 0.141. The van der Waals surface area contributed by atoms with Crippen LogP contribution in [0.1, 0.15) is 84.3 Å². The van der Waals surface area contributed by atoms with Gasteiger partial charge in [-0.15, -0.1) is 11.8 Å². The molecule has 39 heavy (non-hydrogen) atoms. The minimum Gasteiger partial charge on any atom is -0.444 e. The fraction of sp³-hybridized carbons (Fsp3) is 0.464. The van der Waals surface area contributed by atoms with E-state index in [0.29, 0.717) is 47.4 Å². The highest BCUT2D eigenvalue weighted by atomic mass is 32.2. The van der Waals surface area contributed by atoms with Crippen molar-refractivity contribution in [2.45, 2.75) is 88.0 Å². The van der Waals surface area contributed by atoms with Crippen molar-refractivity contribution in [2.24, 2.45) is 0 Å². The first-order valence-electron chi connectivity index (χ1n) is 13.2. The zero-order chi connectivity index (χ0) is 28.3. The van der Waals surface area contributed by atoms with E-state index in [0.717, 1.165) is 35.7 Å². The molecule has 3 N–H and O–H groups in total. The maximum absolute atomic E-state index is 12.3. The van der Waals surface area contributed by atoms with Crippen molar-refractivity contribution >= 4 is 57.3 Å². The molecule has 3 amide bonds. The number of thiazole rings is 1. The lowest BCUT2D eigenvalue weighted by atomic mass is 9.94. The number of aromatic nitrogens is 2. The van der Waals surface area contributed by atoms with Crippen molar-refractivity contribution < 1.29 is 18.8 Å². The second-order valence-corrected chi connectivity index (χ2v) is 12.4. The van der Waals surface area contributed by atoms with E-state index >= 15 is 0 Å². The van der Waals surface area contributed by atoms with Crippen molar-refractivity contribution in [2.75, 3.05) is 16.0 Å². The standard InChI is InChI=1S/C28H37N5O4S2/c1-5-22(34)31-19-12-10-11-13-20(19)32-23(35)14-8-6-7-9-15-24(36)33-27-30-17-26(39-27)38-18-25-29-16-21(37-25)28(2,3)4/h10-13,16-17H,5-9,14-15,18H2,1-4H3,(H,31,34)(H,32,35)(H,30,33,36). The number of amides is 3. The molecule has 0 radical (unpaired) electrons. The molecule has 11 heteroatoms. The van der Waals surface area contributed by atoms with Gasteiger partial charge in [-0.2, -0.15) is 0 Å². The van der Waals surface area contributed by atoms with Crippen molar-refractivity contribution in [1.29, 1.82) is 0 Å². The van der Waals surface area contributed by atoms with Crippen LogP contribution in [-0.4, -0.2) is 27.7 Å². The van der Waals surface area contributed by atoms with Gasteiger partial charge in [0.15, 0.2) is 5.13 Å². The van der Waals surface area contributed by atoms with Crippen molar-refractivity contribution in [3.63, 3.8) is 0 Å². The summed E-state index contributed by atoms with van der Waals surface area (Å²) in [7, 11) is 0. The Morgan fingerprint density at radius 2 is 1.49 bits per heavy atom. The van der Waals surface area contributed by atoms with Gasteiger partial charge in [-0.25, -0.2) is 9.97 Å². The number of benzene rings is 1. The maximum atomic E-state index is 12.3. The van der Waals surface area contributed by atoms with Crippen LogP contribution in [-0.2, 0) is 25.6 Å². The van der Waals surface area contributed by atoms with E-state index < -0.39 is 0 Å². The number of oxazole rings is 1. The molecule has 0 saturated carbocycles. The molecule has 2 aromatic heterocycles. The molecule has 2 heterocycles. The number of nitrogens with zero attached hydrogens (tertiary/aromatic N) is 2. The Morgan fingerprint density at radius 3 is 2.08 bits per heavy atom. The Hall–Kier alpha value is -3.18. The van der Waals surface area contributed by atoms with E-state index in [1.807, 2.05) is 12.1 Å². The van der Waals surface area contributed by atoms with Crippen molar-refractivity contribution in [3.05, 3.63) is 48.3 Å². The Balaban J connectivity index is 1.29. The number of carbonyl (C=O) groups excluding carboxylic acids is 3. The Kier molecular flexibility index (Phi) is 11.5. The summed E-state index contributed by atoms with van der Waals surface area (Å²) in [6.07, 6.45) is 7.86. The average molecular weight is 572 g/mol. The zero-order valence-corrected chi connectivity index (χ0v) is 24.6. The van der Waals surface area contributed by atoms with Crippen molar-refractivity contribution in [3.8, 4) is 0 Å². The summed E-state index contributed by atoms with van der Waals surface area (Å²) in [6, 6.07) is 7.16. The van der Waals surface area contributed by atoms with Crippen LogP contribution in [0.3, 0.4) is 0 Å². The molecule has 0 aliphatic carbocycles.